The highest BCUT2D eigenvalue weighted by molar-refractivity contribution is 5.98. The molecule has 0 bridgehead atoms. The lowest BCUT2D eigenvalue weighted by Crippen LogP contribution is -2.38. The Balaban J connectivity index is 1.77. The molecule has 4 nitrogen and oxygen atoms in total. The summed E-state index contributed by atoms with van der Waals surface area (Å²) in [7, 11) is 0. The molecule has 2 aliphatic rings. The summed E-state index contributed by atoms with van der Waals surface area (Å²) in [6.45, 7) is 2.40. The van der Waals surface area contributed by atoms with E-state index >= 15 is 0 Å². The number of carbonyl (C=O) groups is 1. The maximum Gasteiger partial charge on any atom is 0.255 e. The maximum absolute atomic E-state index is 12.5. The van der Waals surface area contributed by atoms with Crippen LogP contribution in [0, 0.1) is 11.8 Å². The Hall–Kier alpha value is -1.71. The van der Waals surface area contributed by atoms with Crippen LogP contribution in [0.2, 0.25) is 0 Å². The van der Waals surface area contributed by atoms with Gasteiger partial charge in [0.15, 0.2) is 5.75 Å². The smallest absolute Gasteiger partial charge is 0.255 e. The van der Waals surface area contributed by atoms with Crippen molar-refractivity contribution in [2.24, 2.45) is 11.8 Å². The van der Waals surface area contributed by atoms with Crippen molar-refractivity contribution < 1.29 is 9.53 Å². The summed E-state index contributed by atoms with van der Waals surface area (Å²) in [6, 6.07) is 5.70. The fraction of sp³-hybridized carbons (Fsp3) is 0.562. The highest BCUT2D eigenvalue weighted by atomic mass is 16.5. The second-order valence-electron chi connectivity index (χ2n) is 5.83. The predicted octanol–water partition coefficient (Wildman–Crippen LogP) is 2.59. The van der Waals surface area contributed by atoms with Crippen LogP contribution in [0.25, 0.3) is 0 Å². The summed E-state index contributed by atoms with van der Waals surface area (Å²) in [4.78, 5) is 12.5. The van der Waals surface area contributed by atoms with Crippen molar-refractivity contribution in [2.45, 2.75) is 38.6 Å². The summed E-state index contributed by atoms with van der Waals surface area (Å²) in [5.74, 6) is 1.83. The molecule has 2 aliphatic carbocycles. The van der Waals surface area contributed by atoms with E-state index in [1.807, 2.05) is 6.92 Å². The van der Waals surface area contributed by atoms with Crippen LogP contribution in [0.4, 0.5) is 5.69 Å². The zero-order valence-electron chi connectivity index (χ0n) is 11.9. The molecule has 3 N–H and O–H groups in total. The number of carbonyl (C=O) groups excluding carboxylic acids is 1. The van der Waals surface area contributed by atoms with Gasteiger partial charge in [0.05, 0.1) is 17.9 Å². The zero-order valence-corrected chi connectivity index (χ0v) is 11.9. The van der Waals surface area contributed by atoms with E-state index in [1.54, 1.807) is 18.2 Å². The van der Waals surface area contributed by atoms with Crippen LogP contribution in [0.15, 0.2) is 18.2 Å². The normalized spacial score (nSPS) is 18.1. The molecule has 108 valence electrons. The molecule has 1 aromatic carbocycles. The van der Waals surface area contributed by atoms with E-state index in [9.17, 15) is 4.79 Å². The molecule has 0 aromatic heterocycles. The van der Waals surface area contributed by atoms with Crippen molar-refractivity contribution >= 4 is 11.6 Å². The van der Waals surface area contributed by atoms with Crippen LogP contribution in [-0.2, 0) is 0 Å². The van der Waals surface area contributed by atoms with Gasteiger partial charge in [-0.25, -0.2) is 0 Å². The van der Waals surface area contributed by atoms with Gasteiger partial charge < -0.3 is 15.8 Å². The molecule has 4 heteroatoms. The van der Waals surface area contributed by atoms with Gasteiger partial charge in [-0.15, -0.1) is 0 Å². The Labute approximate surface area is 119 Å². The third kappa shape index (κ3) is 2.74. The first kappa shape index (κ1) is 13.3. The minimum Gasteiger partial charge on any atom is -0.491 e. The van der Waals surface area contributed by atoms with Gasteiger partial charge in [-0.3, -0.25) is 4.79 Å². The molecule has 2 fully saturated rings. The molecule has 0 spiro atoms. The Morgan fingerprint density at radius 1 is 1.35 bits per heavy atom. The Morgan fingerprint density at radius 2 is 2.00 bits per heavy atom. The quantitative estimate of drug-likeness (QED) is 0.784. The van der Waals surface area contributed by atoms with E-state index < -0.39 is 0 Å². The molecule has 0 unspecified atom stereocenters. The van der Waals surface area contributed by atoms with Gasteiger partial charge in [-0.1, -0.05) is 6.07 Å². The number of rotatable bonds is 6. The summed E-state index contributed by atoms with van der Waals surface area (Å²) >= 11 is 0. The number of para-hydroxylation sites is 1. The first-order valence-electron chi connectivity index (χ1n) is 7.53. The fourth-order valence-electron chi connectivity index (χ4n) is 2.80. The predicted molar refractivity (Wildman–Crippen MR) is 78.7 cm³/mol. The van der Waals surface area contributed by atoms with E-state index in [2.05, 4.69) is 5.32 Å². The number of amides is 1. The SMILES string of the molecule is CCOc1c(N)cccc1C(=O)NC(C1CC1)C1CC1. The molecule has 0 radical (unpaired) electrons. The fourth-order valence-corrected chi connectivity index (χ4v) is 2.80. The average Bonchev–Trinajstić information content (AvgIpc) is 3.29. The zero-order chi connectivity index (χ0) is 14.1. The molecule has 0 heterocycles. The molecule has 1 amide bonds. The number of nitrogens with one attached hydrogen (secondary N) is 1. The van der Waals surface area contributed by atoms with Gasteiger partial charge in [0.1, 0.15) is 0 Å². The first-order valence-corrected chi connectivity index (χ1v) is 7.53. The minimum absolute atomic E-state index is 0.0513. The lowest BCUT2D eigenvalue weighted by molar-refractivity contribution is 0.0922. The summed E-state index contributed by atoms with van der Waals surface area (Å²) in [6.07, 6.45) is 4.99. The van der Waals surface area contributed by atoms with Gasteiger partial charge >= 0.3 is 0 Å². The van der Waals surface area contributed by atoms with Crippen molar-refractivity contribution in [1.29, 1.82) is 0 Å². The topological polar surface area (TPSA) is 64.3 Å². The lowest BCUT2D eigenvalue weighted by atomic mass is 10.1. The third-order valence-electron chi connectivity index (χ3n) is 4.14. The highest BCUT2D eigenvalue weighted by Crippen LogP contribution is 2.44. The summed E-state index contributed by atoms with van der Waals surface area (Å²) in [5, 5.41) is 3.21. The lowest BCUT2D eigenvalue weighted by Gasteiger charge is -2.19. The minimum atomic E-state index is -0.0513. The van der Waals surface area contributed by atoms with E-state index in [-0.39, 0.29) is 5.91 Å². The molecule has 1 aromatic rings. The largest absolute Gasteiger partial charge is 0.491 e. The number of anilines is 1. The van der Waals surface area contributed by atoms with E-state index in [4.69, 9.17) is 10.5 Å². The van der Waals surface area contributed by atoms with Crippen LogP contribution >= 0.6 is 0 Å². The number of benzene rings is 1. The highest BCUT2D eigenvalue weighted by Gasteiger charge is 2.42. The first-order chi connectivity index (χ1) is 9.70. The monoisotopic (exact) mass is 274 g/mol. The number of ether oxygens (including phenoxy) is 1. The van der Waals surface area contributed by atoms with Gasteiger partial charge in [0, 0.05) is 6.04 Å². The Bertz CT molecular complexity index is 495. The molecule has 0 saturated heterocycles. The molecule has 0 atom stereocenters. The maximum atomic E-state index is 12.5. The molecule has 20 heavy (non-hydrogen) atoms. The van der Waals surface area contributed by atoms with Crippen LogP contribution < -0.4 is 15.8 Å². The van der Waals surface area contributed by atoms with Crippen molar-refractivity contribution in [1.82, 2.24) is 5.32 Å². The number of nitrogens with two attached hydrogens (primary N) is 1. The van der Waals surface area contributed by atoms with Crippen LogP contribution in [0.1, 0.15) is 43.0 Å². The van der Waals surface area contributed by atoms with Gasteiger partial charge in [0.25, 0.3) is 5.91 Å². The van der Waals surface area contributed by atoms with Gasteiger partial charge in [-0.2, -0.15) is 0 Å². The van der Waals surface area contributed by atoms with Crippen molar-refractivity contribution in [3.8, 4) is 5.75 Å². The Kier molecular flexibility index (Phi) is 3.55. The molecule has 0 aliphatic heterocycles. The number of nitrogen functional groups attached to an aromatic ring is 1. The standard InChI is InChI=1S/C16H22N2O2/c1-2-20-15-12(4-3-5-13(15)17)16(19)18-14(10-6-7-10)11-8-9-11/h3-5,10-11,14H,2,6-9,17H2,1H3,(H,18,19). The summed E-state index contributed by atoms with van der Waals surface area (Å²) in [5.41, 5.74) is 6.99. The van der Waals surface area contributed by atoms with Crippen molar-refractivity contribution in [2.75, 3.05) is 12.3 Å². The van der Waals surface area contributed by atoms with Gasteiger partial charge in [0.2, 0.25) is 0 Å². The second kappa shape index (κ2) is 5.35. The third-order valence-corrected chi connectivity index (χ3v) is 4.14. The van der Waals surface area contributed by atoms with Crippen LogP contribution in [0.3, 0.4) is 0 Å². The summed E-state index contributed by atoms with van der Waals surface area (Å²) < 4.78 is 5.54. The average molecular weight is 274 g/mol. The van der Waals surface area contributed by atoms with E-state index in [1.165, 1.54) is 25.7 Å². The van der Waals surface area contributed by atoms with Crippen molar-refractivity contribution in [3.63, 3.8) is 0 Å². The second-order valence-corrected chi connectivity index (χ2v) is 5.83. The van der Waals surface area contributed by atoms with Crippen LogP contribution in [0.5, 0.6) is 5.75 Å². The van der Waals surface area contributed by atoms with Gasteiger partial charge in [-0.05, 0) is 56.6 Å². The molecule has 3 rings (SSSR count). The Morgan fingerprint density at radius 3 is 2.55 bits per heavy atom. The van der Waals surface area contributed by atoms with Crippen molar-refractivity contribution in [3.05, 3.63) is 23.8 Å². The number of hydrogen-bond donors (Lipinski definition) is 2. The number of hydrogen-bond acceptors (Lipinski definition) is 3. The molecule has 2 saturated carbocycles. The molecular weight excluding hydrogens is 252 g/mol. The van der Waals surface area contributed by atoms with E-state index in [0.29, 0.717) is 41.5 Å². The van der Waals surface area contributed by atoms with E-state index in [0.717, 1.165) is 0 Å². The molecular formula is C16H22N2O2. The van der Waals surface area contributed by atoms with Crippen LogP contribution in [-0.4, -0.2) is 18.6 Å².